The first-order chi connectivity index (χ1) is 7.13. The standard InChI is InChI=1S/C5H7N3O2.C4H8O/c1-8-2-4(6-3-9)5(10)7-8;1-4-2-3-5-4/h2-3H,1H3,(H,6,9)(H,7,10);4H,2-3H2,1H3. The maximum absolute atomic E-state index is 10.7. The fourth-order valence-electron chi connectivity index (χ4n) is 1.02. The monoisotopic (exact) mass is 213 g/mol. The SMILES string of the molecule is CC1CCO1.Cn1cc(NC=O)c(=O)[nH]1. The maximum Gasteiger partial charge on any atom is 0.287 e. The Morgan fingerprint density at radius 2 is 2.33 bits per heavy atom. The first kappa shape index (κ1) is 11.5. The van der Waals surface area contributed by atoms with E-state index in [1.54, 1.807) is 7.05 Å². The molecule has 6 nitrogen and oxygen atoms in total. The Morgan fingerprint density at radius 1 is 1.73 bits per heavy atom. The molecule has 1 unspecified atom stereocenters. The summed E-state index contributed by atoms with van der Waals surface area (Å²) in [5.74, 6) is 0. The van der Waals surface area contributed by atoms with Crippen LogP contribution in [-0.4, -0.2) is 28.9 Å². The van der Waals surface area contributed by atoms with Crippen LogP contribution in [0.1, 0.15) is 13.3 Å². The molecule has 1 fully saturated rings. The number of aromatic amines is 1. The summed E-state index contributed by atoms with van der Waals surface area (Å²) in [7, 11) is 1.66. The number of nitrogens with zero attached hydrogens (tertiary/aromatic N) is 1. The van der Waals surface area contributed by atoms with Gasteiger partial charge in [-0.25, -0.2) is 0 Å². The lowest BCUT2D eigenvalue weighted by Gasteiger charge is -2.20. The zero-order valence-electron chi connectivity index (χ0n) is 8.82. The lowest BCUT2D eigenvalue weighted by atomic mass is 10.2. The minimum Gasteiger partial charge on any atom is -0.378 e. The summed E-state index contributed by atoms with van der Waals surface area (Å²) in [5, 5.41) is 4.68. The largest absolute Gasteiger partial charge is 0.378 e. The fourth-order valence-corrected chi connectivity index (χ4v) is 1.02. The molecule has 2 heterocycles. The first-order valence-electron chi connectivity index (χ1n) is 4.71. The molecule has 0 radical (unpaired) electrons. The zero-order chi connectivity index (χ0) is 11.3. The highest BCUT2D eigenvalue weighted by molar-refractivity contribution is 5.69. The van der Waals surface area contributed by atoms with Gasteiger partial charge in [-0.2, -0.15) is 0 Å². The van der Waals surface area contributed by atoms with Crippen LogP contribution in [0.2, 0.25) is 0 Å². The van der Waals surface area contributed by atoms with Gasteiger partial charge in [0.15, 0.2) is 0 Å². The van der Waals surface area contributed by atoms with Crippen LogP contribution in [0.5, 0.6) is 0 Å². The molecule has 2 N–H and O–H groups in total. The van der Waals surface area contributed by atoms with E-state index < -0.39 is 0 Å². The van der Waals surface area contributed by atoms with Crippen molar-refractivity contribution in [2.75, 3.05) is 11.9 Å². The van der Waals surface area contributed by atoms with Gasteiger partial charge in [0.25, 0.3) is 5.56 Å². The molecule has 0 bridgehead atoms. The van der Waals surface area contributed by atoms with Gasteiger partial charge in [-0.1, -0.05) is 0 Å². The summed E-state index contributed by atoms with van der Waals surface area (Å²) in [6.45, 7) is 3.07. The number of H-pyrrole nitrogens is 1. The summed E-state index contributed by atoms with van der Waals surface area (Å²) in [6, 6.07) is 0. The second-order valence-electron chi connectivity index (χ2n) is 3.33. The Kier molecular flexibility index (Phi) is 4.11. The van der Waals surface area contributed by atoms with Gasteiger partial charge in [0, 0.05) is 13.7 Å². The van der Waals surface area contributed by atoms with E-state index in [4.69, 9.17) is 4.74 Å². The van der Waals surface area contributed by atoms with Gasteiger partial charge in [-0.15, -0.1) is 0 Å². The summed E-state index contributed by atoms with van der Waals surface area (Å²) < 4.78 is 6.40. The molecule has 1 aromatic rings. The zero-order valence-corrected chi connectivity index (χ0v) is 8.82. The average Bonchev–Trinajstić information content (AvgIpc) is 2.44. The van der Waals surface area contributed by atoms with Crippen molar-refractivity contribution in [2.45, 2.75) is 19.4 Å². The molecule has 0 saturated carbocycles. The third-order valence-electron chi connectivity index (χ3n) is 1.99. The highest BCUT2D eigenvalue weighted by Gasteiger charge is 2.09. The molecule has 0 aromatic carbocycles. The number of nitrogens with one attached hydrogen (secondary N) is 2. The molecule has 6 heteroatoms. The van der Waals surface area contributed by atoms with E-state index in [0.717, 1.165) is 6.61 Å². The number of aromatic nitrogens is 2. The second kappa shape index (κ2) is 5.35. The van der Waals surface area contributed by atoms with E-state index >= 15 is 0 Å². The fraction of sp³-hybridized carbons (Fsp3) is 0.556. The quantitative estimate of drug-likeness (QED) is 0.683. The van der Waals surface area contributed by atoms with Crippen LogP contribution >= 0.6 is 0 Å². The molecular formula is C9H15N3O3. The number of carbonyl (C=O) groups is 1. The van der Waals surface area contributed by atoms with Gasteiger partial charge in [-0.05, 0) is 13.3 Å². The predicted molar refractivity (Wildman–Crippen MR) is 55.8 cm³/mol. The van der Waals surface area contributed by atoms with E-state index in [0.29, 0.717) is 12.5 Å². The van der Waals surface area contributed by atoms with Gasteiger partial charge >= 0.3 is 0 Å². The topological polar surface area (TPSA) is 76.1 Å². The molecule has 1 atom stereocenters. The molecule has 0 aliphatic carbocycles. The Hall–Kier alpha value is -1.56. The van der Waals surface area contributed by atoms with Crippen LogP contribution in [0.15, 0.2) is 11.0 Å². The Morgan fingerprint density at radius 3 is 2.60 bits per heavy atom. The number of rotatable bonds is 2. The maximum atomic E-state index is 10.7. The Bertz CT molecular complexity index is 365. The van der Waals surface area contributed by atoms with Gasteiger partial charge in [0.2, 0.25) is 6.41 Å². The molecular weight excluding hydrogens is 198 g/mol. The van der Waals surface area contributed by atoms with Crippen molar-refractivity contribution in [3.63, 3.8) is 0 Å². The lowest BCUT2D eigenvalue weighted by Crippen LogP contribution is -2.22. The molecule has 1 aliphatic rings. The van der Waals surface area contributed by atoms with Crippen LogP contribution in [0.4, 0.5) is 5.69 Å². The van der Waals surface area contributed by atoms with Crippen molar-refractivity contribution in [2.24, 2.45) is 7.05 Å². The van der Waals surface area contributed by atoms with Gasteiger partial charge in [0.05, 0.1) is 12.3 Å². The molecule has 0 spiro atoms. The van der Waals surface area contributed by atoms with Crippen molar-refractivity contribution >= 4 is 12.1 Å². The number of hydrogen-bond acceptors (Lipinski definition) is 3. The first-order valence-corrected chi connectivity index (χ1v) is 4.71. The highest BCUT2D eigenvalue weighted by atomic mass is 16.5. The number of hydrogen-bond donors (Lipinski definition) is 2. The van der Waals surface area contributed by atoms with Crippen LogP contribution < -0.4 is 10.9 Å². The molecule has 1 amide bonds. The molecule has 1 saturated heterocycles. The van der Waals surface area contributed by atoms with E-state index in [1.165, 1.54) is 17.3 Å². The molecule has 2 rings (SSSR count). The summed E-state index contributed by atoms with van der Waals surface area (Å²) in [6.07, 6.45) is 3.79. The molecule has 15 heavy (non-hydrogen) atoms. The van der Waals surface area contributed by atoms with Crippen LogP contribution in [-0.2, 0) is 16.6 Å². The number of anilines is 1. The van der Waals surface area contributed by atoms with Crippen molar-refractivity contribution in [1.82, 2.24) is 9.78 Å². The smallest absolute Gasteiger partial charge is 0.287 e. The third-order valence-corrected chi connectivity index (χ3v) is 1.99. The third kappa shape index (κ3) is 3.59. The molecule has 84 valence electrons. The average molecular weight is 213 g/mol. The summed E-state index contributed by atoms with van der Waals surface area (Å²) in [5.41, 5.74) is -0.0351. The second-order valence-corrected chi connectivity index (χ2v) is 3.33. The van der Waals surface area contributed by atoms with Crippen LogP contribution in [0.3, 0.4) is 0 Å². The molecule has 1 aliphatic heterocycles. The van der Waals surface area contributed by atoms with Crippen LogP contribution in [0.25, 0.3) is 0 Å². The lowest BCUT2D eigenvalue weighted by molar-refractivity contribution is -0.105. The number of carbonyl (C=O) groups excluding carboxylic acids is 1. The highest BCUT2D eigenvalue weighted by Crippen LogP contribution is 2.07. The van der Waals surface area contributed by atoms with E-state index in [9.17, 15) is 9.59 Å². The number of aryl methyl sites for hydroxylation is 1. The summed E-state index contributed by atoms with van der Waals surface area (Å²) >= 11 is 0. The van der Waals surface area contributed by atoms with Gasteiger partial charge in [0.1, 0.15) is 5.69 Å². The number of amides is 1. The Labute approximate surface area is 87.2 Å². The minimum atomic E-state index is -0.297. The normalized spacial score (nSPS) is 18.4. The Balaban J connectivity index is 0.000000187. The van der Waals surface area contributed by atoms with Crippen molar-refractivity contribution < 1.29 is 9.53 Å². The van der Waals surface area contributed by atoms with E-state index in [-0.39, 0.29) is 11.2 Å². The van der Waals surface area contributed by atoms with Gasteiger partial charge in [-0.3, -0.25) is 19.4 Å². The summed E-state index contributed by atoms with van der Waals surface area (Å²) in [4.78, 5) is 20.6. The predicted octanol–water partition coefficient (Wildman–Crippen LogP) is 0.0769. The van der Waals surface area contributed by atoms with Gasteiger partial charge < -0.3 is 10.1 Å². The van der Waals surface area contributed by atoms with Crippen molar-refractivity contribution in [3.8, 4) is 0 Å². The number of ether oxygens (including phenoxy) is 1. The van der Waals surface area contributed by atoms with Crippen LogP contribution in [0, 0.1) is 0 Å². The molecule has 1 aromatic heterocycles. The van der Waals surface area contributed by atoms with Crippen molar-refractivity contribution in [1.29, 1.82) is 0 Å². The minimum absolute atomic E-state index is 0.262. The van der Waals surface area contributed by atoms with Crippen molar-refractivity contribution in [3.05, 3.63) is 16.6 Å². The van der Waals surface area contributed by atoms with E-state index in [1.807, 2.05) is 0 Å². The van der Waals surface area contributed by atoms with E-state index in [2.05, 4.69) is 17.3 Å².